The molecule has 2 heterocycles. The maximum atomic E-state index is 12.3. The Labute approximate surface area is 156 Å². The molecule has 140 valence electrons. The van der Waals surface area contributed by atoms with E-state index in [4.69, 9.17) is 9.26 Å². The fourth-order valence-corrected chi connectivity index (χ4v) is 3.40. The van der Waals surface area contributed by atoms with Crippen molar-refractivity contribution in [1.29, 1.82) is 0 Å². The number of imide groups is 1. The molecule has 1 aliphatic heterocycles. The van der Waals surface area contributed by atoms with E-state index in [9.17, 15) is 9.59 Å². The summed E-state index contributed by atoms with van der Waals surface area (Å²) in [6.45, 7) is 1.44. The number of ether oxygens (including phenoxy) is 1. The lowest BCUT2D eigenvalue weighted by Crippen LogP contribution is -2.39. The van der Waals surface area contributed by atoms with Crippen molar-refractivity contribution < 1.29 is 18.8 Å². The predicted octanol–water partition coefficient (Wildman–Crippen LogP) is 2.44. The third-order valence-electron chi connectivity index (χ3n) is 4.83. The molecule has 0 unspecified atom stereocenters. The van der Waals surface area contributed by atoms with Crippen LogP contribution in [0.5, 0.6) is 5.75 Å². The van der Waals surface area contributed by atoms with Gasteiger partial charge in [-0.05, 0) is 55.6 Å². The summed E-state index contributed by atoms with van der Waals surface area (Å²) in [5, 5.41) is 9.30. The number of carbonyl (C=O) groups is 2. The third-order valence-corrected chi connectivity index (χ3v) is 4.83. The minimum absolute atomic E-state index is 0.242. The molecule has 2 amide bonds. The number of nitrogens with one attached hydrogen (secondary N) is 1. The fraction of sp³-hybridized carbons (Fsp3) is 0.350. The molecular weight excluding hydrogens is 346 g/mol. The lowest BCUT2D eigenvalue weighted by Gasteiger charge is -2.19. The van der Waals surface area contributed by atoms with E-state index in [2.05, 4.69) is 15.4 Å². The smallest absolute Gasteiger partial charge is 0.235 e. The molecule has 0 spiro atoms. The molecule has 1 saturated heterocycles. The van der Waals surface area contributed by atoms with Crippen LogP contribution in [0.3, 0.4) is 0 Å². The maximum Gasteiger partial charge on any atom is 0.235 e. The Bertz CT molecular complexity index is 1020. The molecule has 3 aromatic rings. The standard InChI is InChI=1S/C20H21N3O4/c1-23(2)9-10-26-13-4-5-14-12(11-13)3-7-16-18(14)19(22-27-16)15-6-8-17(24)21-20(15)25/h3-5,7,11,15H,6,8-10H2,1-2H3,(H,21,24,25)/t15-/m0/s1. The number of piperidine rings is 1. The molecule has 2 aromatic carbocycles. The zero-order valence-corrected chi connectivity index (χ0v) is 15.3. The van der Waals surface area contributed by atoms with Gasteiger partial charge >= 0.3 is 0 Å². The summed E-state index contributed by atoms with van der Waals surface area (Å²) in [6.07, 6.45) is 0.744. The molecule has 7 heteroatoms. The molecule has 4 rings (SSSR count). The fourth-order valence-electron chi connectivity index (χ4n) is 3.40. The van der Waals surface area contributed by atoms with Crippen LogP contribution in [0, 0.1) is 0 Å². The Hall–Kier alpha value is -2.93. The Morgan fingerprint density at radius 3 is 2.89 bits per heavy atom. The molecule has 1 atom stereocenters. The average molecular weight is 367 g/mol. The van der Waals surface area contributed by atoms with E-state index >= 15 is 0 Å². The second kappa shape index (κ2) is 7.00. The van der Waals surface area contributed by atoms with Crippen molar-refractivity contribution >= 4 is 33.6 Å². The number of fused-ring (bicyclic) bond motifs is 3. The van der Waals surface area contributed by atoms with Crippen LogP contribution >= 0.6 is 0 Å². The van der Waals surface area contributed by atoms with Crippen LogP contribution in [0.2, 0.25) is 0 Å². The number of aromatic nitrogens is 1. The van der Waals surface area contributed by atoms with Gasteiger partial charge in [0.25, 0.3) is 0 Å². The van der Waals surface area contributed by atoms with Gasteiger partial charge in [-0.2, -0.15) is 0 Å². The van der Waals surface area contributed by atoms with Crippen LogP contribution in [-0.4, -0.2) is 49.1 Å². The largest absolute Gasteiger partial charge is 0.492 e. The molecule has 0 aliphatic carbocycles. The van der Waals surface area contributed by atoms with Gasteiger partial charge in [-0.1, -0.05) is 11.2 Å². The normalized spacial score (nSPS) is 17.7. The first-order valence-corrected chi connectivity index (χ1v) is 8.96. The van der Waals surface area contributed by atoms with Gasteiger partial charge in [0.15, 0.2) is 5.58 Å². The second-order valence-corrected chi connectivity index (χ2v) is 7.04. The quantitative estimate of drug-likeness (QED) is 0.697. The molecule has 0 radical (unpaired) electrons. The molecule has 0 bridgehead atoms. The highest BCUT2D eigenvalue weighted by Crippen LogP contribution is 2.36. The molecule has 0 saturated carbocycles. The van der Waals surface area contributed by atoms with E-state index in [0.29, 0.717) is 30.7 Å². The van der Waals surface area contributed by atoms with E-state index in [1.807, 2.05) is 44.4 Å². The lowest BCUT2D eigenvalue weighted by molar-refractivity contribution is -0.134. The third kappa shape index (κ3) is 3.38. The maximum absolute atomic E-state index is 12.3. The second-order valence-electron chi connectivity index (χ2n) is 7.04. The van der Waals surface area contributed by atoms with Crippen LogP contribution in [0.4, 0.5) is 0 Å². The number of hydrogen-bond donors (Lipinski definition) is 1. The average Bonchev–Trinajstić information content (AvgIpc) is 3.05. The van der Waals surface area contributed by atoms with Gasteiger partial charge in [-0.3, -0.25) is 14.9 Å². The molecular formula is C20H21N3O4. The highest BCUT2D eigenvalue weighted by molar-refractivity contribution is 6.10. The predicted molar refractivity (Wildman–Crippen MR) is 101 cm³/mol. The van der Waals surface area contributed by atoms with Gasteiger partial charge in [-0.15, -0.1) is 0 Å². The molecule has 1 N–H and O–H groups in total. The van der Waals surface area contributed by atoms with Crippen molar-refractivity contribution in [2.24, 2.45) is 0 Å². The van der Waals surface area contributed by atoms with Gasteiger partial charge < -0.3 is 14.2 Å². The van der Waals surface area contributed by atoms with E-state index in [1.54, 1.807) is 0 Å². The van der Waals surface area contributed by atoms with Crippen LogP contribution in [0.25, 0.3) is 21.7 Å². The first-order valence-electron chi connectivity index (χ1n) is 8.96. The number of carbonyl (C=O) groups excluding carboxylic acids is 2. The Morgan fingerprint density at radius 2 is 2.11 bits per heavy atom. The summed E-state index contributed by atoms with van der Waals surface area (Å²) in [6, 6.07) is 9.67. The zero-order valence-electron chi connectivity index (χ0n) is 15.3. The van der Waals surface area contributed by atoms with Crippen molar-refractivity contribution in [2.45, 2.75) is 18.8 Å². The van der Waals surface area contributed by atoms with Crippen molar-refractivity contribution in [2.75, 3.05) is 27.2 Å². The summed E-state index contributed by atoms with van der Waals surface area (Å²) in [7, 11) is 4.01. The highest BCUT2D eigenvalue weighted by atomic mass is 16.5. The van der Waals surface area contributed by atoms with Crippen LogP contribution < -0.4 is 10.1 Å². The van der Waals surface area contributed by atoms with E-state index in [1.165, 1.54) is 0 Å². The topological polar surface area (TPSA) is 84.7 Å². The van der Waals surface area contributed by atoms with Crippen LogP contribution in [-0.2, 0) is 9.59 Å². The van der Waals surface area contributed by atoms with Gasteiger partial charge in [0.2, 0.25) is 11.8 Å². The van der Waals surface area contributed by atoms with E-state index in [-0.39, 0.29) is 11.8 Å². The van der Waals surface area contributed by atoms with Gasteiger partial charge in [0, 0.05) is 13.0 Å². The number of hydrogen-bond acceptors (Lipinski definition) is 6. The monoisotopic (exact) mass is 367 g/mol. The van der Waals surface area contributed by atoms with Crippen molar-refractivity contribution in [1.82, 2.24) is 15.4 Å². The van der Waals surface area contributed by atoms with Crippen LogP contribution in [0.15, 0.2) is 34.9 Å². The van der Waals surface area contributed by atoms with Crippen molar-refractivity contribution in [3.8, 4) is 5.75 Å². The number of nitrogens with zero attached hydrogens (tertiary/aromatic N) is 2. The van der Waals surface area contributed by atoms with Gasteiger partial charge in [0.1, 0.15) is 18.1 Å². The number of rotatable bonds is 5. The molecule has 27 heavy (non-hydrogen) atoms. The number of amides is 2. The number of likely N-dealkylation sites (N-methyl/N-ethyl adjacent to an activating group) is 1. The Kier molecular flexibility index (Phi) is 4.53. The van der Waals surface area contributed by atoms with Gasteiger partial charge in [-0.25, -0.2) is 0 Å². The summed E-state index contributed by atoms with van der Waals surface area (Å²) >= 11 is 0. The summed E-state index contributed by atoms with van der Waals surface area (Å²) in [4.78, 5) is 25.8. The Morgan fingerprint density at radius 1 is 1.26 bits per heavy atom. The van der Waals surface area contributed by atoms with E-state index < -0.39 is 5.92 Å². The molecule has 1 fully saturated rings. The van der Waals surface area contributed by atoms with Crippen molar-refractivity contribution in [3.05, 3.63) is 36.0 Å². The Balaban J connectivity index is 1.71. The minimum atomic E-state index is -0.481. The van der Waals surface area contributed by atoms with Crippen molar-refractivity contribution in [3.63, 3.8) is 0 Å². The summed E-state index contributed by atoms with van der Waals surface area (Å²) in [5.41, 5.74) is 1.21. The zero-order chi connectivity index (χ0) is 19.0. The first kappa shape index (κ1) is 17.5. The molecule has 1 aliphatic rings. The summed E-state index contributed by atoms with van der Waals surface area (Å²) in [5.74, 6) is -0.246. The highest BCUT2D eigenvalue weighted by Gasteiger charge is 2.32. The molecule has 7 nitrogen and oxygen atoms in total. The first-order chi connectivity index (χ1) is 13.0. The lowest BCUT2D eigenvalue weighted by atomic mass is 9.91. The summed E-state index contributed by atoms with van der Waals surface area (Å²) < 4.78 is 11.3. The minimum Gasteiger partial charge on any atom is -0.492 e. The van der Waals surface area contributed by atoms with Crippen LogP contribution in [0.1, 0.15) is 24.5 Å². The van der Waals surface area contributed by atoms with E-state index in [0.717, 1.165) is 28.5 Å². The number of benzene rings is 2. The SMILES string of the molecule is CN(C)CCOc1ccc2c(ccc3onc([C@@H]4CCC(=O)NC4=O)c32)c1. The molecule has 1 aromatic heterocycles. The van der Waals surface area contributed by atoms with Gasteiger partial charge in [0.05, 0.1) is 11.3 Å².